The maximum atomic E-state index is 12.1. The van der Waals surface area contributed by atoms with Gasteiger partial charge in [-0.2, -0.15) is 0 Å². The molecular weight excluding hydrogens is 252 g/mol. The van der Waals surface area contributed by atoms with Gasteiger partial charge in [-0.15, -0.1) is 0 Å². The third-order valence-corrected chi connectivity index (χ3v) is 2.66. The Kier molecular flexibility index (Phi) is 3.28. The van der Waals surface area contributed by atoms with Crippen LogP contribution in [0.2, 0.25) is 0 Å². The lowest BCUT2D eigenvalue weighted by Crippen LogP contribution is -2.30. The second-order valence-corrected chi connectivity index (χ2v) is 3.84. The van der Waals surface area contributed by atoms with E-state index in [2.05, 4.69) is 4.74 Å². The lowest BCUT2D eigenvalue weighted by molar-refractivity contribution is -0.468. The summed E-state index contributed by atoms with van der Waals surface area (Å²) in [5.74, 6) is -0.574. The van der Waals surface area contributed by atoms with Crippen LogP contribution >= 0.6 is 0 Å². The van der Waals surface area contributed by atoms with Crippen LogP contribution in [0.15, 0.2) is 24.3 Å². The van der Waals surface area contributed by atoms with Gasteiger partial charge in [0.15, 0.2) is 0 Å². The Balaban J connectivity index is 2.87. The van der Waals surface area contributed by atoms with Gasteiger partial charge in [-0.3, -0.25) is 9.59 Å². The first kappa shape index (κ1) is 12.7. The van der Waals surface area contributed by atoms with Gasteiger partial charge in [-0.1, -0.05) is 12.1 Å². The van der Waals surface area contributed by atoms with E-state index < -0.39 is 12.4 Å². The molecule has 0 N–H and O–H groups in total. The van der Waals surface area contributed by atoms with Gasteiger partial charge in [0.25, 0.3) is 12.0 Å². The molecule has 0 radical (unpaired) electrons. The maximum absolute atomic E-state index is 12.1. The number of nitrogens with zero attached hydrogens (tertiary/aromatic N) is 2. The third-order valence-electron chi connectivity index (χ3n) is 2.66. The monoisotopic (exact) mass is 262 g/mol. The first-order valence-corrected chi connectivity index (χ1v) is 5.40. The highest BCUT2D eigenvalue weighted by Gasteiger charge is 2.26. The molecule has 98 valence electrons. The molecule has 0 spiro atoms. The van der Waals surface area contributed by atoms with Crippen LogP contribution in [0.4, 0.5) is 0 Å². The van der Waals surface area contributed by atoms with E-state index in [9.17, 15) is 19.7 Å². The molecule has 0 fully saturated rings. The van der Waals surface area contributed by atoms with Gasteiger partial charge in [0.2, 0.25) is 5.78 Å². The Labute approximate surface area is 107 Å². The normalized spacial score (nSPS) is 10.4. The minimum Gasteiger partial charge on any atom is -0.805 e. The van der Waals surface area contributed by atoms with Crippen molar-refractivity contribution in [3.05, 3.63) is 45.8 Å². The summed E-state index contributed by atoms with van der Waals surface area (Å²) in [5.41, 5.74) is -0.326. The fourth-order valence-corrected chi connectivity index (χ4v) is 1.87. The summed E-state index contributed by atoms with van der Waals surface area (Å²) in [6.45, 7) is 0.881. The van der Waals surface area contributed by atoms with Gasteiger partial charge in [0.05, 0.1) is 4.43 Å². The SMILES string of the molecule is CC(=O)c1c(COC=O)n([O-])c2ccccc2[n+]1=O. The van der Waals surface area contributed by atoms with Crippen LogP contribution in [0.5, 0.6) is 0 Å². The molecular formula is C12H10N2O5. The van der Waals surface area contributed by atoms with Crippen molar-refractivity contribution in [3.63, 3.8) is 0 Å². The van der Waals surface area contributed by atoms with Gasteiger partial charge in [-0.25, -0.2) is 0 Å². The zero-order valence-electron chi connectivity index (χ0n) is 10.0. The van der Waals surface area contributed by atoms with E-state index >= 15 is 0 Å². The van der Waals surface area contributed by atoms with Gasteiger partial charge < -0.3 is 14.7 Å². The fourth-order valence-electron chi connectivity index (χ4n) is 1.87. The number of hydrogen-bond donors (Lipinski definition) is 0. The minimum absolute atomic E-state index is 0.0811. The average molecular weight is 262 g/mol. The molecule has 7 heteroatoms. The molecule has 19 heavy (non-hydrogen) atoms. The average Bonchev–Trinajstić information content (AvgIpc) is 2.40. The van der Waals surface area contributed by atoms with Crippen molar-refractivity contribution in [2.45, 2.75) is 13.5 Å². The number of para-hydroxylation sites is 2. The number of benzene rings is 1. The number of carbonyl (C=O) groups is 2. The van der Waals surface area contributed by atoms with Crippen molar-refractivity contribution in [2.24, 2.45) is 0 Å². The van der Waals surface area contributed by atoms with Crippen molar-refractivity contribution in [3.8, 4) is 0 Å². The molecule has 7 nitrogen and oxygen atoms in total. The number of rotatable bonds is 4. The summed E-state index contributed by atoms with van der Waals surface area (Å²) >= 11 is 0. The third kappa shape index (κ3) is 2.05. The van der Waals surface area contributed by atoms with Crippen LogP contribution in [0.3, 0.4) is 0 Å². The molecule has 0 bridgehead atoms. The van der Waals surface area contributed by atoms with E-state index in [0.29, 0.717) is 9.16 Å². The Bertz CT molecular complexity index is 720. The summed E-state index contributed by atoms with van der Waals surface area (Å²) in [6, 6.07) is 6.06. The van der Waals surface area contributed by atoms with Crippen molar-refractivity contribution < 1.29 is 18.8 Å². The molecule has 0 aliphatic rings. The summed E-state index contributed by atoms with van der Waals surface area (Å²) in [6.07, 6.45) is 0. The Hall–Kier alpha value is -2.70. The van der Waals surface area contributed by atoms with Crippen molar-refractivity contribution in [2.75, 3.05) is 0 Å². The van der Waals surface area contributed by atoms with E-state index in [1.165, 1.54) is 19.1 Å². The van der Waals surface area contributed by atoms with Crippen LogP contribution in [-0.2, 0) is 16.1 Å². The number of ketones is 1. The van der Waals surface area contributed by atoms with Crippen LogP contribution in [0.25, 0.3) is 11.0 Å². The molecule has 0 unspecified atom stereocenters. The van der Waals surface area contributed by atoms with Gasteiger partial charge in [0, 0.05) is 17.9 Å². The summed E-state index contributed by atoms with van der Waals surface area (Å²) in [7, 11) is 0. The number of ether oxygens (including phenoxy) is 1. The lowest BCUT2D eigenvalue weighted by Gasteiger charge is -2.17. The molecule has 0 saturated carbocycles. The van der Waals surface area contributed by atoms with Crippen LogP contribution in [0, 0.1) is 10.1 Å². The zero-order chi connectivity index (χ0) is 14.0. The highest BCUT2D eigenvalue weighted by atomic mass is 16.5. The quantitative estimate of drug-likeness (QED) is 0.461. The largest absolute Gasteiger partial charge is 0.805 e. The summed E-state index contributed by atoms with van der Waals surface area (Å²) in [4.78, 5) is 33.9. The zero-order valence-corrected chi connectivity index (χ0v) is 10.0. The van der Waals surface area contributed by atoms with E-state index in [0.717, 1.165) is 0 Å². The number of hydrogen-bond acceptors (Lipinski definition) is 5. The number of aromatic nitrogens is 2. The summed E-state index contributed by atoms with van der Waals surface area (Å²) in [5, 5.41) is 12.1. The van der Waals surface area contributed by atoms with Crippen LogP contribution in [-0.4, -0.2) is 17.0 Å². The van der Waals surface area contributed by atoms with E-state index in [1.807, 2.05) is 0 Å². The van der Waals surface area contributed by atoms with Gasteiger partial charge in [0.1, 0.15) is 17.8 Å². The van der Waals surface area contributed by atoms with Crippen molar-refractivity contribution in [1.82, 2.24) is 4.73 Å². The smallest absolute Gasteiger partial charge is 0.328 e. The molecule has 2 rings (SSSR count). The predicted octanol–water partition coefficient (Wildman–Crippen LogP) is 0.777. The number of Topliss-reactive ketones (excluding diaryl/α,β-unsaturated/α-hetero) is 1. The first-order chi connectivity index (χ1) is 9.07. The highest BCUT2D eigenvalue weighted by Crippen LogP contribution is 2.15. The van der Waals surface area contributed by atoms with Crippen LogP contribution < -0.4 is 4.43 Å². The number of fused-ring (bicyclic) bond motifs is 1. The fraction of sp³-hybridized carbons (Fsp3) is 0.167. The molecule has 0 aliphatic heterocycles. The Morgan fingerprint density at radius 2 is 2.16 bits per heavy atom. The topological polar surface area (TPSA) is 94.3 Å². The van der Waals surface area contributed by atoms with Gasteiger partial charge >= 0.3 is 5.69 Å². The molecule has 1 aromatic carbocycles. The van der Waals surface area contributed by atoms with Crippen LogP contribution in [0.1, 0.15) is 23.1 Å². The summed E-state index contributed by atoms with van der Waals surface area (Å²) < 4.78 is 5.31. The van der Waals surface area contributed by atoms with Gasteiger partial charge in [-0.05, 0) is 6.07 Å². The number of carbonyl (C=O) groups excluding carboxylic acids is 2. The Morgan fingerprint density at radius 1 is 1.47 bits per heavy atom. The molecule has 0 atom stereocenters. The first-order valence-electron chi connectivity index (χ1n) is 5.40. The van der Waals surface area contributed by atoms with E-state index in [-0.39, 0.29) is 28.9 Å². The molecule has 1 heterocycles. The lowest BCUT2D eigenvalue weighted by atomic mass is 10.2. The highest BCUT2D eigenvalue weighted by molar-refractivity contribution is 5.93. The second-order valence-electron chi connectivity index (χ2n) is 3.84. The van der Waals surface area contributed by atoms with E-state index in [1.54, 1.807) is 12.1 Å². The molecule has 1 aromatic heterocycles. The molecule has 0 amide bonds. The Morgan fingerprint density at radius 3 is 2.79 bits per heavy atom. The molecule has 2 aromatic rings. The molecule has 0 aliphatic carbocycles. The van der Waals surface area contributed by atoms with Crippen molar-refractivity contribution in [1.29, 1.82) is 0 Å². The predicted molar refractivity (Wildman–Crippen MR) is 64.9 cm³/mol. The maximum Gasteiger partial charge on any atom is 0.328 e. The van der Waals surface area contributed by atoms with E-state index in [4.69, 9.17) is 0 Å². The van der Waals surface area contributed by atoms with Crippen molar-refractivity contribution >= 4 is 23.3 Å². The second kappa shape index (κ2) is 4.89. The minimum atomic E-state index is -0.574. The standard InChI is InChI=1S/C12H10N2O5/c1-8(16)12-11(6-19-7-15)13(17)9-4-2-3-5-10(9)14(12)18/h2-5,7H,6H2,1H3. The molecule has 0 saturated heterocycles.